The van der Waals surface area contributed by atoms with Gasteiger partial charge in [0, 0.05) is 16.8 Å². The molecule has 0 spiro atoms. The maximum absolute atomic E-state index is 12.0. The molecule has 36 heavy (non-hydrogen) atoms. The fourth-order valence-corrected chi connectivity index (χ4v) is 3.27. The maximum Gasteiger partial charge on any atom is 0.273 e. The fourth-order valence-electron chi connectivity index (χ4n) is 2.28. The molecule has 0 bridgehead atoms. The predicted octanol–water partition coefficient (Wildman–Crippen LogP) is 4.67. The van der Waals surface area contributed by atoms with Crippen LogP contribution < -0.4 is 11.5 Å². The summed E-state index contributed by atoms with van der Waals surface area (Å²) in [7, 11) is -3.35. The number of nitrogens with two attached hydrogens (primary N) is 2. The molecule has 3 aromatic rings. The Bertz CT molecular complexity index is 1190. The van der Waals surface area contributed by atoms with Gasteiger partial charge in [-0.1, -0.05) is 76.0 Å². The summed E-state index contributed by atoms with van der Waals surface area (Å²) in [5.74, 6) is 2.25. The van der Waals surface area contributed by atoms with Crippen LogP contribution in [0.1, 0.15) is 21.8 Å². The molecule has 2 aromatic carbocycles. The van der Waals surface area contributed by atoms with Crippen LogP contribution in [0.5, 0.6) is 0 Å². The molecule has 1 heterocycles. The quantitative estimate of drug-likeness (QED) is 0.262. The van der Waals surface area contributed by atoms with Crippen molar-refractivity contribution in [3.63, 3.8) is 0 Å². The SMILES string of the molecule is C.C.C#CC.CS(=O)(=O)c1ccccc1-n1nccc1-c1ccc(Cl)cc1.NC(=O)S.NC(=O)S.O. The van der Waals surface area contributed by atoms with E-state index in [4.69, 9.17) is 21.2 Å². The molecule has 0 unspecified atom stereocenters. The van der Waals surface area contributed by atoms with Gasteiger partial charge in [0.1, 0.15) is 0 Å². The van der Waals surface area contributed by atoms with E-state index in [0.29, 0.717) is 10.7 Å². The lowest BCUT2D eigenvalue weighted by Crippen LogP contribution is -2.07. The van der Waals surface area contributed by atoms with Crippen LogP contribution in [0.15, 0.2) is 65.7 Å². The normalized spacial score (nSPS) is 8.67. The highest BCUT2D eigenvalue weighted by atomic mass is 35.5. The highest BCUT2D eigenvalue weighted by Gasteiger charge is 2.17. The Morgan fingerprint density at radius 2 is 1.42 bits per heavy atom. The Hall–Kier alpha value is -2.95. The number of para-hydroxylation sites is 1. The average Bonchev–Trinajstić information content (AvgIpc) is 3.17. The number of hydrogen-bond donors (Lipinski definition) is 4. The first-order chi connectivity index (χ1) is 15.3. The number of halogens is 1. The van der Waals surface area contributed by atoms with Crippen molar-refractivity contribution in [3.8, 4) is 29.3 Å². The summed E-state index contributed by atoms with van der Waals surface area (Å²) in [4.78, 5) is 18.4. The van der Waals surface area contributed by atoms with Gasteiger partial charge in [-0.2, -0.15) is 5.10 Å². The second kappa shape index (κ2) is 20.3. The topological polar surface area (TPSA) is 170 Å². The first kappa shape index (κ1) is 40.2. The van der Waals surface area contributed by atoms with E-state index in [9.17, 15) is 8.42 Å². The third-order valence-electron chi connectivity index (χ3n) is 3.28. The molecule has 0 atom stereocenters. The number of hydrogen-bond acceptors (Lipinski definition) is 5. The molecule has 9 nitrogen and oxygen atoms in total. The van der Waals surface area contributed by atoms with Crippen LogP contribution in [-0.2, 0) is 9.84 Å². The van der Waals surface area contributed by atoms with Crippen molar-refractivity contribution < 1.29 is 23.5 Å². The van der Waals surface area contributed by atoms with E-state index in [2.05, 4.69) is 54.2 Å². The molecular weight excluding hydrogens is 544 g/mol. The van der Waals surface area contributed by atoms with Crippen LogP contribution in [0.4, 0.5) is 9.59 Å². The number of rotatable bonds is 3. The standard InChI is InChI=1S/C16H13ClN2O2S.C3H4.2CH3NOS.2CH4.H2O/c1-22(20,21)16-5-3-2-4-15(16)19-14(10-11-18-19)12-6-8-13(17)9-7-12;1-3-2;2*2-1(3)4;;;/h2-11H,1H3;1H,2H3;2*(H3,2,3,4);2*1H4;1H2. The number of carbonyl (C=O) groups excluding carboxylic acids is 2. The highest BCUT2D eigenvalue weighted by Crippen LogP contribution is 2.27. The molecule has 0 saturated carbocycles. The van der Waals surface area contributed by atoms with E-state index >= 15 is 0 Å². The van der Waals surface area contributed by atoms with Crippen molar-refractivity contribution in [3.05, 3.63) is 65.8 Å². The molecule has 0 aliphatic heterocycles. The van der Waals surface area contributed by atoms with Crippen LogP contribution in [0.3, 0.4) is 0 Å². The van der Waals surface area contributed by atoms with Gasteiger partial charge in [-0.3, -0.25) is 9.59 Å². The van der Waals surface area contributed by atoms with Crippen LogP contribution in [0.2, 0.25) is 5.02 Å². The summed E-state index contributed by atoms with van der Waals surface area (Å²) in [5, 5.41) is 3.65. The number of carbonyl (C=O) groups is 2. The van der Waals surface area contributed by atoms with E-state index in [-0.39, 0.29) is 25.2 Å². The number of amides is 2. The lowest BCUT2D eigenvalue weighted by Gasteiger charge is -2.11. The van der Waals surface area contributed by atoms with Gasteiger partial charge in [-0.25, -0.2) is 13.1 Å². The molecule has 0 aliphatic rings. The van der Waals surface area contributed by atoms with Crippen molar-refractivity contribution in [2.75, 3.05) is 6.26 Å². The fraction of sp³-hybridized carbons (Fsp3) is 0.174. The Labute approximate surface area is 229 Å². The minimum atomic E-state index is -3.35. The highest BCUT2D eigenvalue weighted by molar-refractivity contribution is 7.96. The van der Waals surface area contributed by atoms with E-state index in [1.54, 1.807) is 54.2 Å². The minimum absolute atomic E-state index is 0. The molecular formula is C23H33ClN4O5S3. The summed E-state index contributed by atoms with van der Waals surface area (Å²) < 4.78 is 25.6. The van der Waals surface area contributed by atoms with Crippen LogP contribution in [0.25, 0.3) is 16.9 Å². The Kier molecular flexibility index (Phi) is 22.6. The molecule has 200 valence electrons. The third kappa shape index (κ3) is 15.9. The van der Waals surface area contributed by atoms with Gasteiger partial charge >= 0.3 is 0 Å². The predicted molar refractivity (Wildman–Crippen MR) is 156 cm³/mol. The zero-order chi connectivity index (χ0) is 25.6. The van der Waals surface area contributed by atoms with Gasteiger partial charge in [-0.05, 0) is 37.3 Å². The van der Waals surface area contributed by atoms with E-state index in [1.165, 1.54) is 6.26 Å². The first-order valence-electron chi connectivity index (χ1n) is 8.78. The lowest BCUT2D eigenvalue weighted by atomic mass is 10.1. The number of sulfone groups is 1. The molecule has 3 rings (SSSR count). The summed E-state index contributed by atoms with van der Waals surface area (Å²) in [6.45, 7) is 1.65. The second-order valence-corrected chi connectivity index (χ2v) is 9.14. The summed E-state index contributed by atoms with van der Waals surface area (Å²) in [5.41, 5.74) is 10.9. The summed E-state index contributed by atoms with van der Waals surface area (Å²) >= 11 is 12.1. The summed E-state index contributed by atoms with van der Waals surface area (Å²) in [6, 6.07) is 16.0. The molecule has 2 amide bonds. The maximum atomic E-state index is 12.0. The van der Waals surface area contributed by atoms with E-state index < -0.39 is 20.3 Å². The van der Waals surface area contributed by atoms with Crippen molar-refractivity contribution >= 4 is 57.2 Å². The Morgan fingerprint density at radius 3 is 1.83 bits per heavy atom. The first-order valence-corrected chi connectivity index (χ1v) is 11.9. The number of thiol groups is 2. The largest absolute Gasteiger partial charge is 0.412 e. The molecule has 6 N–H and O–H groups in total. The molecule has 0 fully saturated rings. The van der Waals surface area contributed by atoms with Crippen molar-refractivity contribution in [1.82, 2.24) is 9.78 Å². The van der Waals surface area contributed by atoms with Crippen molar-refractivity contribution in [2.45, 2.75) is 26.7 Å². The van der Waals surface area contributed by atoms with Gasteiger partial charge in [-0.15, -0.1) is 12.3 Å². The van der Waals surface area contributed by atoms with Gasteiger partial charge in [0.2, 0.25) is 0 Å². The van der Waals surface area contributed by atoms with Gasteiger partial charge in [0.15, 0.2) is 9.84 Å². The van der Waals surface area contributed by atoms with Crippen LogP contribution in [0, 0.1) is 12.3 Å². The third-order valence-corrected chi connectivity index (χ3v) is 4.67. The smallest absolute Gasteiger partial charge is 0.273 e. The Balaban J connectivity index is -0.000000314. The average molecular weight is 577 g/mol. The number of nitrogens with zero attached hydrogens (tertiary/aromatic N) is 2. The van der Waals surface area contributed by atoms with Crippen LogP contribution in [-0.4, -0.2) is 40.4 Å². The van der Waals surface area contributed by atoms with Gasteiger partial charge < -0.3 is 16.9 Å². The van der Waals surface area contributed by atoms with Gasteiger partial charge in [0.05, 0.1) is 22.5 Å². The lowest BCUT2D eigenvalue weighted by molar-refractivity contribution is 0.266. The van der Waals surface area contributed by atoms with E-state index in [0.717, 1.165) is 11.3 Å². The number of benzene rings is 2. The van der Waals surface area contributed by atoms with Gasteiger partial charge in [0.25, 0.3) is 10.5 Å². The summed E-state index contributed by atoms with van der Waals surface area (Å²) in [6.07, 6.45) is 7.43. The molecule has 1 aromatic heterocycles. The number of primary amides is 2. The zero-order valence-corrected chi connectivity index (χ0v) is 21.6. The van der Waals surface area contributed by atoms with Crippen LogP contribution >= 0.6 is 36.9 Å². The zero-order valence-electron chi connectivity index (χ0n) is 18.2. The number of terminal acetylenes is 1. The molecule has 0 saturated heterocycles. The number of aromatic nitrogens is 2. The monoisotopic (exact) mass is 576 g/mol. The Morgan fingerprint density at radius 1 is 1.00 bits per heavy atom. The minimum Gasteiger partial charge on any atom is -0.412 e. The van der Waals surface area contributed by atoms with E-state index in [1.807, 2.05) is 18.2 Å². The van der Waals surface area contributed by atoms with Crippen molar-refractivity contribution in [1.29, 1.82) is 0 Å². The molecule has 0 radical (unpaired) electrons. The molecule has 13 heteroatoms. The molecule has 0 aliphatic carbocycles. The second-order valence-electron chi connectivity index (χ2n) is 5.84. The van der Waals surface area contributed by atoms with Crippen molar-refractivity contribution in [2.24, 2.45) is 11.5 Å².